The van der Waals surface area contributed by atoms with Gasteiger partial charge in [-0.25, -0.2) is 0 Å². The van der Waals surface area contributed by atoms with Crippen LogP contribution in [0.5, 0.6) is 11.5 Å². The van der Waals surface area contributed by atoms with E-state index in [1.54, 1.807) is 12.1 Å². The lowest BCUT2D eigenvalue weighted by atomic mass is 10.2. The normalized spacial score (nSPS) is 10.2. The number of hydrogen-bond donors (Lipinski definition) is 1. The first-order valence-corrected chi connectivity index (χ1v) is 7.89. The third-order valence-electron chi connectivity index (χ3n) is 3.27. The molecule has 0 radical (unpaired) electrons. The quantitative estimate of drug-likeness (QED) is 0.758. The molecule has 2 aromatic carbocycles. The summed E-state index contributed by atoms with van der Waals surface area (Å²) in [6.45, 7) is 5.66. The van der Waals surface area contributed by atoms with E-state index in [2.05, 4.69) is 12.2 Å². The summed E-state index contributed by atoms with van der Waals surface area (Å²) in [5.74, 6) is 1.48. The standard InChI is InChI=1S/C19H23NO3/c1-3-13-22-18-10-6-16(7-11-18)19(21)20-12-14-23-17-8-4-15(2)5-9-17/h4-11H,3,12-14H2,1-2H3,(H,20,21). The van der Waals surface area contributed by atoms with E-state index >= 15 is 0 Å². The number of carbonyl (C=O) groups excluding carboxylic acids is 1. The Morgan fingerprint density at radius 1 is 0.913 bits per heavy atom. The molecule has 2 rings (SSSR count). The molecule has 1 N–H and O–H groups in total. The minimum Gasteiger partial charge on any atom is -0.494 e. The van der Waals surface area contributed by atoms with Crippen molar-refractivity contribution in [2.24, 2.45) is 0 Å². The summed E-state index contributed by atoms with van der Waals surface area (Å²) in [6, 6.07) is 15.0. The fourth-order valence-corrected chi connectivity index (χ4v) is 1.99. The summed E-state index contributed by atoms with van der Waals surface area (Å²) in [6.07, 6.45) is 0.962. The third-order valence-corrected chi connectivity index (χ3v) is 3.27. The van der Waals surface area contributed by atoms with E-state index in [9.17, 15) is 4.79 Å². The maximum atomic E-state index is 12.0. The highest BCUT2D eigenvalue weighted by Gasteiger charge is 2.05. The second-order valence-corrected chi connectivity index (χ2v) is 5.29. The van der Waals surface area contributed by atoms with Crippen LogP contribution in [0.15, 0.2) is 48.5 Å². The van der Waals surface area contributed by atoms with Crippen LogP contribution in [0.1, 0.15) is 29.3 Å². The number of ether oxygens (including phenoxy) is 2. The Hall–Kier alpha value is -2.49. The van der Waals surface area contributed by atoms with Gasteiger partial charge in [0.2, 0.25) is 0 Å². The van der Waals surface area contributed by atoms with Crippen molar-refractivity contribution in [2.45, 2.75) is 20.3 Å². The first-order chi connectivity index (χ1) is 11.2. The molecule has 0 saturated carbocycles. The van der Waals surface area contributed by atoms with Gasteiger partial charge in [-0.3, -0.25) is 4.79 Å². The summed E-state index contributed by atoms with van der Waals surface area (Å²) in [5.41, 5.74) is 1.81. The molecule has 0 heterocycles. The molecular weight excluding hydrogens is 290 g/mol. The van der Waals surface area contributed by atoms with Gasteiger partial charge in [-0.05, 0) is 49.7 Å². The van der Waals surface area contributed by atoms with Crippen LogP contribution in [-0.2, 0) is 0 Å². The number of rotatable bonds is 8. The molecule has 0 spiro atoms. The Kier molecular flexibility index (Phi) is 6.48. The molecule has 1 amide bonds. The van der Waals surface area contributed by atoms with Crippen LogP contribution in [0.3, 0.4) is 0 Å². The maximum absolute atomic E-state index is 12.0. The summed E-state index contributed by atoms with van der Waals surface area (Å²) < 4.78 is 11.1. The van der Waals surface area contributed by atoms with Gasteiger partial charge in [0.1, 0.15) is 18.1 Å². The van der Waals surface area contributed by atoms with Crippen LogP contribution in [0, 0.1) is 6.92 Å². The van der Waals surface area contributed by atoms with Gasteiger partial charge in [-0.1, -0.05) is 24.6 Å². The summed E-state index contributed by atoms with van der Waals surface area (Å²) >= 11 is 0. The highest BCUT2D eigenvalue weighted by Crippen LogP contribution is 2.13. The third kappa shape index (κ3) is 5.66. The Balaban J connectivity index is 1.72. The highest BCUT2D eigenvalue weighted by atomic mass is 16.5. The lowest BCUT2D eigenvalue weighted by molar-refractivity contribution is 0.0947. The van der Waals surface area contributed by atoms with Crippen LogP contribution in [0.4, 0.5) is 0 Å². The molecule has 4 heteroatoms. The lowest BCUT2D eigenvalue weighted by Crippen LogP contribution is -2.28. The lowest BCUT2D eigenvalue weighted by Gasteiger charge is -2.09. The second-order valence-electron chi connectivity index (χ2n) is 5.29. The molecule has 0 atom stereocenters. The molecule has 2 aromatic rings. The first-order valence-electron chi connectivity index (χ1n) is 7.89. The van der Waals surface area contributed by atoms with Crippen molar-refractivity contribution in [1.82, 2.24) is 5.32 Å². The molecule has 0 saturated heterocycles. The Morgan fingerprint density at radius 3 is 2.09 bits per heavy atom. The predicted octanol–water partition coefficient (Wildman–Crippen LogP) is 3.59. The van der Waals surface area contributed by atoms with Crippen LogP contribution >= 0.6 is 0 Å². The van der Waals surface area contributed by atoms with Gasteiger partial charge in [0.15, 0.2) is 0 Å². The summed E-state index contributed by atoms with van der Waals surface area (Å²) in [7, 11) is 0. The molecule has 0 aromatic heterocycles. The van der Waals surface area contributed by atoms with Gasteiger partial charge >= 0.3 is 0 Å². The highest BCUT2D eigenvalue weighted by molar-refractivity contribution is 5.94. The van der Waals surface area contributed by atoms with Crippen molar-refractivity contribution in [2.75, 3.05) is 19.8 Å². The van der Waals surface area contributed by atoms with E-state index in [0.29, 0.717) is 25.3 Å². The van der Waals surface area contributed by atoms with Gasteiger partial charge in [-0.15, -0.1) is 0 Å². The Bertz CT molecular complexity index is 606. The average molecular weight is 313 g/mol. The Labute approximate surface area is 137 Å². The number of hydrogen-bond acceptors (Lipinski definition) is 3. The monoisotopic (exact) mass is 313 g/mol. The van der Waals surface area contributed by atoms with Crippen molar-refractivity contribution in [1.29, 1.82) is 0 Å². The number of carbonyl (C=O) groups is 1. The van der Waals surface area contributed by atoms with Crippen LogP contribution in [0.25, 0.3) is 0 Å². The van der Waals surface area contributed by atoms with Crippen LogP contribution in [-0.4, -0.2) is 25.7 Å². The van der Waals surface area contributed by atoms with E-state index < -0.39 is 0 Å². The molecule has 0 fully saturated rings. The largest absolute Gasteiger partial charge is 0.494 e. The smallest absolute Gasteiger partial charge is 0.251 e. The zero-order chi connectivity index (χ0) is 16.5. The average Bonchev–Trinajstić information content (AvgIpc) is 2.58. The second kappa shape index (κ2) is 8.83. The number of benzene rings is 2. The van der Waals surface area contributed by atoms with Gasteiger partial charge < -0.3 is 14.8 Å². The number of aryl methyl sites for hydroxylation is 1. The fourth-order valence-electron chi connectivity index (χ4n) is 1.99. The molecular formula is C19H23NO3. The molecule has 0 aliphatic heterocycles. The molecule has 0 aliphatic carbocycles. The summed E-state index contributed by atoms with van der Waals surface area (Å²) in [4.78, 5) is 12.0. The van der Waals surface area contributed by atoms with E-state index in [4.69, 9.17) is 9.47 Å². The predicted molar refractivity (Wildman–Crippen MR) is 91.2 cm³/mol. The first kappa shape index (κ1) is 16.9. The van der Waals surface area contributed by atoms with E-state index in [1.807, 2.05) is 43.3 Å². The van der Waals surface area contributed by atoms with E-state index in [-0.39, 0.29) is 5.91 Å². The van der Waals surface area contributed by atoms with Crippen molar-refractivity contribution >= 4 is 5.91 Å². The van der Waals surface area contributed by atoms with Crippen LogP contribution < -0.4 is 14.8 Å². The molecule has 0 aliphatic rings. The minimum absolute atomic E-state index is 0.112. The van der Waals surface area contributed by atoms with Gasteiger partial charge in [-0.2, -0.15) is 0 Å². The van der Waals surface area contributed by atoms with Crippen molar-refractivity contribution < 1.29 is 14.3 Å². The van der Waals surface area contributed by atoms with Crippen LogP contribution in [0.2, 0.25) is 0 Å². The number of nitrogens with one attached hydrogen (secondary N) is 1. The van der Waals surface area contributed by atoms with Gasteiger partial charge in [0, 0.05) is 5.56 Å². The Morgan fingerprint density at radius 2 is 1.48 bits per heavy atom. The SMILES string of the molecule is CCCOc1ccc(C(=O)NCCOc2ccc(C)cc2)cc1. The van der Waals surface area contributed by atoms with Gasteiger partial charge in [0.25, 0.3) is 5.91 Å². The van der Waals surface area contributed by atoms with Crippen molar-refractivity contribution in [3.63, 3.8) is 0 Å². The molecule has 23 heavy (non-hydrogen) atoms. The van der Waals surface area contributed by atoms with Crippen molar-refractivity contribution in [3.8, 4) is 11.5 Å². The zero-order valence-corrected chi connectivity index (χ0v) is 13.7. The van der Waals surface area contributed by atoms with E-state index in [1.165, 1.54) is 5.56 Å². The molecule has 0 unspecified atom stereocenters. The maximum Gasteiger partial charge on any atom is 0.251 e. The van der Waals surface area contributed by atoms with E-state index in [0.717, 1.165) is 17.9 Å². The summed E-state index contributed by atoms with van der Waals surface area (Å²) in [5, 5.41) is 2.84. The molecule has 122 valence electrons. The topological polar surface area (TPSA) is 47.6 Å². The number of amides is 1. The molecule has 4 nitrogen and oxygen atoms in total. The minimum atomic E-state index is -0.112. The molecule has 0 bridgehead atoms. The fraction of sp³-hybridized carbons (Fsp3) is 0.316. The zero-order valence-electron chi connectivity index (χ0n) is 13.7. The van der Waals surface area contributed by atoms with Gasteiger partial charge in [0.05, 0.1) is 13.2 Å². The van der Waals surface area contributed by atoms with Crippen molar-refractivity contribution in [3.05, 3.63) is 59.7 Å².